The maximum atomic E-state index is 6.03. The van der Waals surface area contributed by atoms with Crippen LogP contribution in [-0.4, -0.2) is 28.8 Å². The van der Waals surface area contributed by atoms with Crippen LogP contribution < -0.4 is 5.73 Å². The molecule has 0 spiro atoms. The third kappa shape index (κ3) is 2.49. The number of halogens is 1. The Morgan fingerprint density at radius 3 is 3.06 bits per heavy atom. The number of fused-ring (bicyclic) bond motifs is 1. The third-order valence-electron chi connectivity index (χ3n) is 3.68. The molecule has 5 heteroatoms. The lowest BCUT2D eigenvalue weighted by atomic mass is 10.00. The molecule has 1 fully saturated rings. The molecule has 0 amide bonds. The molecule has 2 unspecified atom stereocenters. The van der Waals surface area contributed by atoms with Crippen LogP contribution in [0, 0.1) is 0 Å². The van der Waals surface area contributed by atoms with Gasteiger partial charge in [-0.15, -0.1) is 12.4 Å². The van der Waals surface area contributed by atoms with Crippen LogP contribution >= 0.6 is 12.4 Å². The zero-order valence-electron chi connectivity index (χ0n) is 9.97. The summed E-state index contributed by atoms with van der Waals surface area (Å²) in [5.74, 6) is 1.68. The van der Waals surface area contributed by atoms with Gasteiger partial charge in [0, 0.05) is 37.0 Å². The second kappa shape index (κ2) is 5.38. The van der Waals surface area contributed by atoms with Gasteiger partial charge in [-0.2, -0.15) is 0 Å². The van der Waals surface area contributed by atoms with Gasteiger partial charge in [-0.25, -0.2) is 4.98 Å². The maximum Gasteiger partial charge on any atom is 0.114 e. The first-order valence-corrected chi connectivity index (χ1v) is 6.22. The fraction of sp³-hybridized carbons (Fsp3) is 0.750. The van der Waals surface area contributed by atoms with Crippen molar-refractivity contribution in [2.24, 2.45) is 5.73 Å². The lowest BCUT2D eigenvalue weighted by molar-refractivity contribution is 0.0767. The summed E-state index contributed by atoms with van der Waals surface area (Å²) in [5, 5.41) is 0. The van der Waals surface area contributed by atoms with E-state index in [0.29, 0.717) is 12.0 Å². The van der Waals surface area contributed by atoms with E-state index in [1.165, 1.54) is 17.9 Å². The molecule has 3 rings (SSSR count). The Hall–Kier alpha value is -0.580. The molecule has 0 aromatic carbocycles. The number of nitrogens with zero attached hydrogens (tertiary/aromatic N) is 2. The molecule has 3 heterocycles. The second-order valence-electron chi connectivity index (χ2n) is 4.93. The van der Waals surface area contributed by atoms with E-state index in [0.717, 1.165) is 39.0 Å². The summed E-state index contributed by atoms with van der Waals surface area (Å²) in [6.45, 7) is 2.66. The van der Waals surface area contributed by atoms with Crippen molar-refractivity contribution in [1.82, 2.24) is 9.55 Å². The van der Waals surface area contributed by atoms with Crippen LogP contribution in [0.4, 0.5) is 0 Å². The molecule has 1 aromatic heterocycles. The standard InChI is InChI=1S/C12H19N3O.ClH/c13-10-3-4-11-6-14-12(15(11)7-10)9-2-1-5-16-8-9;/h6,9-10H,1-5,7-8,13H2;1H. The smallest absolute Gasteiger partial charge is 0.114 e. The van der Waals surface area contributed by atoms with Gasteiger partial charge in [-0.1, -0.05) is 0 Å². The molecule has 0 bridgehead atoms. The normalized spacial score (nSPS) is 28.3. The minimum absolute atomic E-state index is 0. The topological polar surface area (TPSA) is 53.1 Å². The lowest BCUT2D eigenvalue weighted by Crippen LogP contribution is -2.33. The van der Waals surface area contributed by atoms with Crippen LogP contribution in [0.3, 0.4) is 0 Å². The number of rotatable bonds is 1. The second-order valence-corrected chi connectivity index (χ2v) is 4.93. The largest absolute Gasteiger partial charge is 0.381 e. The van der Waals surface area contributed by atoms with Gasteiger partial charge in [0.2, 0.25) is 0 Å². The summed E-state index contributed by atoms with van der Waals surface area (Å²) in [6, 6.07) is 0.296. The Labute approximate surface area is 108 Å². The molecule has 2 aliphatic rings. The van der Waals surface area contributed by atoms with Gasteiger partial charge < -0.3 is 15.0 Å². The van der Waals surface area contributed by atoms with Gasteiger partial charge in [-0.05, 0) is 25.7 Å². The Kier molecular flexibility index (Phi) is 4.07. The number of hydrogen-bond donors (Lipinski definition) is 1. The summed E-state index contributed by atoms with van der Waals surface area (Å²) in [5.41, 5.74) is 7.38. The molecule has 2 N–H and O–H groups in total. The van der Waals surface area contributed by atoms with Crippen molar-refractivity contribution in [1.29, 1.82) is 0 Å². The number of aryl methyl sites for hydroxylation is 1. The van der Waals surface area contributed by atoms with Crippen molar-refractivity contribution in [2.45, 2.75) is 44.2 Å². The van der Waals surface area contributed by atoms with Crippen LogP contribution in [0.15, 0.2) is 6.20 Å². The van der Waals surface area contributed by atoms with Crippen LogP contribution in [0.5, 0.6) is 0 Å². The molecule has 2 aliphatic heterocycles. The summed E-state index contributed by atoms with van der Waals surface area (Å²) in [4.78, 5) is 4.58. The molecule has 17 heavy (non-hydrogen) atoms. The predicted octanol–water partition coefficient (Wildman–Crippen LogP) is 1.47. The van der Waals surface area contributed by atoms with E-state index in [2.05, 4.69) is 9.55 Å². The Bertz CT molecular complexity index is 374. The predicted molar refractivity (Wildman–Crippen MR) is 68.6 cm³/mol. The summed E-state index contributed by atoms with van der Waals surface area (Å²) in [7, 11) is 0. The van der Waals surface area contributed by atoms with Crippen molar-refractivity contribution in [3.8, 4) is 0 Å². The fourth-order valence-corrected chi connectivity index (χ4v) is 2.77. The van der Waals surface area contributed by atoms with Gasteiger partial charge in [0.25, 0.3) is 0 Å². The van der Waals surface area contributed by atoms with Gasteiger partial charge in [0.15, 0.2) is 0 Å². The van der Waals surface area contributed by atoms with Crippen LogP contribution in [-0.2, 0) is 17.7 Å². The average Bonchev–Trinajstić information content (AvgIpc) is 2.73. The average molecular weight is 258 g/mol. The quantitative estimate of drug-likeness (QED) is 0.829. The first kappa shape index (κ1) is 12.9. The molecule has 0 saturated carbocycles. The number of hydrogen-bond acceptors (Lipinski definition) is 3. The molecule has 0 radical (unpaired) electrons. The molecule has 2 atom stereocenters. The zero-order valence-corrected chi connectivity index (χ0v) is 10.8. The molecule has 4 nitrogen and oxygen atoms in total. The van der Waals surface area contributed by atoms with Crippen molar-refractivity contribution in [3.05, 3.63) is 17.7 Å². The number of ether oxygens (including phenoxy) is 1. The molecule has 1 aromatic rings. The van der Waals surface area contributed by atoms with E-state index in [1.807, 2.05) is 6.20 Å². The number of nitrogens with two attached hydrogens (primary N) is 1. The molecule has 0 aliphatic carbocycles. The number of imidazole rings is 1. The van der Waals surface area contributed by atoms with Crippen molar-refractivity contribution >= 4 is 12.4 Å². The fourth-order valence-electron chi connectivity index (χ4n) is 2.77. The van der Waals surface area contributed by atoms with Crippen molar-refractivity contribution in [3.63, 3.8) is 0 Å². The van der Waals surface area contributed by atoms with E-state index in [1.54, 1.807) is 0 Å². The third-order valence-corrected chi connectivity index (χ3v) is 3.68. The minimum Gasteiger partial charge on any atom is -0.381 e. The molecular weight excluding hydrogens is 238 g/mol. The molecule has 96 valence electrons. The molecular formula is C12H20ClN3O. The summed E-state index contributed by atoms with van der Waals surface area (Å²) >= 11 is 0. The summed E-state index contributed by atoms with van der Waals surface area (Å²) < 4.78 is 7.87. The summed E-state index contributed by atoms with van der Waals surface area (Å²) in [6.07, 6.45) is 6.54. The van der Waals surface area contributed by atoms with E-state index in [-0.39, 0.29) is 12.4 Å². The highest BCUT2D eigenvalue weighted by Crippen LogP contribution is 2.27. The van der Waals surface area contributed by atoms with E-state index in [4.69, 9.17) is 10.5 Å². The van der Waals surface area contributed by atoms with E-state index in [9.17, 15) is 0 Å². The highest BCUT2D eigenvalue weighted by atomic mass is 35.5. The lowest BCUT2D eigenvalue weighted by Gasteiger charge is -2.27. The van der Waals surface area contributed by atoms with Crippen LogP contribution in [0.1, 0.15) is 36.7 Å². The van der Waals surface area contributed by atoms with E-state index < -0.39 is 0 Å². The monoisotopic (exact) mass is 257 g/mol. The first-order valence-electron chi connectivity index (χ1n) is 6.22. The van der Waals surface area contributed by atoms with E-state index >= 15 is 0 Å². The van der Waals surface area contributed by atoms with Crippen LogP contribution in [0.25, 0.3) is 0 Å². The van der Waals surface area contributed by atoms with Gasteiger partial charge in [-0.3, -0.25) is 0 Å². The van der Waals surface area contributed by atoms with Gasteiger partial charge in [0.05, 0.1) is 6.61 Å². The van der Waals surface area contributed by atoms with Crippen molar-refractivity contribution < 1.29 is 4.74 Å². The number of aromatic nitrogens is 2. The minimum atomic E-state index is 0. The van der Waals surface area contributed by atoms with Gasteiger partial charge >= 0.3 is 0 Å². The highest BCUT2D eigenvalue weighted by Gasteiger charge is 2.25. The Morgan fingerprint density at radius 2 is 2.29 bits per heavy atom. The first-order chi connectivity index (χ1) is 7.84. The van der Waals surface area contributed by atoms with Gasteiger partial charge in [0.1, 0.15) is 5.82 Å². The van der Waals surface area contributed by atoms with Crippen molar-refractivity contribution in [2.75, 3.05) is 13.2 Å². The SMILES string of the molecule is Cl.NC1CCc2cnc(C3CCCOC3)n2C1. The Balaban J connectivity index is 0.00000108. The van der Waals surface area contributed by atoms with Crippen LogP contribution in [0.2, 0.25) is 0 Å². The highest BCUT2D eigenvalue weighted by molar-refractivity contribution is 5.85. The Morgan fingerprint density at radius 1 is 1.41 bits per heavy atom. The maximum absolute atomic E-state index is 6.03. The zero-order chi connectivity index (χ0) is 11.0. The molecule has 1 saturated heterocycles.